The zero-order chi connectivity index (χ0) is 9.84. The lowest BCUT2D eigenvalue weighted by Crippen LogP contribution is -2.21. The lowest BCUT2D eigenvalue weighted by molar-refractivity contribution is -0.136. The molecule has 0 saturated heterocycles. The molecule has 1 aromatic heterocycles. The van der Waals surface area contributed by atoms with E-state index in [0.717, 1.165) is 4.47 Å². The SMILES string of the molecule is O=C(O)CNCc1cc(Br)c(Br)o1. The highest BCUT2D eigenvalue weighted by Gasteiger charge is 2.05. The van der Waals surface area contributed by atoms with Crippen LogP contribution in [-0.4, -0.2) is 17.6 Å². The van der Waals surface area contributed by atoms with E-state index in [2.05, 4.69) is 37.2 Å². The van der Waals surface area contributed by atoms with Crippen LogP contribution in [-0.2, 0) is 11.3 Å². The van der Waals surface area contributed by atoms with Crippen molar-refractivity contribution in [3.05, 3.63) is 21.0 Å². The van der Waals surface area contributed by atoms with Crippen LogP contribution in [0.5, 0.6) is 0 Å². The van der Waals surface area contributed by atoms with Crippen LogP contribution in [0.15, 0.2) is 19.6 Å². The van der Waals surface area contributed by atoms with Crippen LogP contribution < -0.4 is 5.32 Å². The predicted molar refractivity (Wildman–Crippen MR) is 53.5 cm³/mol. The highest BCUT2D eigenvalue weighted by atomic mass is 79.9. The van der Waals surface area contributed by atoms with Crippen molar-refractivity contribution < 1.29 is 14.3 Å². The van der Waals surface area contributed by atoms with Crippen LogP contribution in [0.4, 0.5) is 0 Å². The van der Waals surface area contributed by atoms with Gasteiger partial charge in [-0.15, -0.1) is 0 Å². The fourth-order valence-corrected chi connectivity index (χ4v) is 1.43. The molecule has 13 heavy (non-hydrogen) atoms. The summed E-state index contributed by atoms with van der Waals surface area (Å²) in [7, 11) is 0. The maximum atomic E-state index is 10.2. The Balaban J connectivity index is 2.41. The molecular weight excluding hydrogens is 306 g/mol. The van der Waals surface area contributed by atoms with Crippen molar-refractivity contribution in [3.8, 4) is 0 Å². The average molecular weight is 313 g/mol. The molecule has 0 aromatic carbocycles. The monoisotopic (exact) mass is 311 g/mol. The molecule has 0 unspecified atom stereocenters. The van der Waals surface area contributed by atoms with E-state index in [9.17, 15) is 4.79 Å². The summed E-state index contributed by atoms with van der Waals surface area (Å²) in [4.78, 5) is 10.2. The average Bonchev–Trinajstić information content (AvgIpc) is 2.30. The van der Waals surface area contributed by atoms with Crippen LogP contribution >= 0.6 is 31.9 Å². The molecule has 6 heteroatoms. The van der Waals surface area contributed by atoms with Crippen molar-refractivity contribution in [1.29, 1.82) is 0 Å². The lowest BCUT2D eigenvalue weighted by Gasteiger charge is -1.96. The number of carboxylic acid groups (broad SMARTS) is 1. The Morgan fingerprint density at radius 1 is 1.62 bits per heavy atom. The van der Waals surface area contributed by atoms with Crippen LogP contribution in [0, 0.1) is 0 Å². The topological polar surface area (TPSA) is 62.5 Å². The first-order chi connectivity index (χ1) is 6.09. The van der Waals surface area contributed by atoms with Gasteiger partial charge < -0.3 is 9.52 Å². The number of aliphatic carboxylic acids is 1. The summed E-state index contributed by atoms with van der Waals surface area (Å²) >= 11 is 6.43. The molecule has 1 heterocycles. The van der Waals surface area contributed by atoms with Gasteiger partial charge in [0.15, 0.2) is 4.67 Å². The Bertz CT molecular complexity index is 291. The summed E-state index contributed by atoms with van der Waals surface area (Å²) in [5.41, 5.74) is 0. The molecule has 0 spiro atoms. The number of hydrogen-bond donors (Lipinski definition) is 2. The fraction of sp³-hybridized carbons (Fsp3) is 0.286. The number of carboxylic acids is 1. The van der Waals surface area contributed by atoms with Crippen molar-refractivity contribution in [1.82, 2.24) is 5.32 Å². The lowest BCUT2D eigenvalue weighted by atomic mass is 10.4. The van der Waals surface area contributed by atoms with Crippen LogP contribution in [0.3, 0.4) is 0 Å². The molecule has 72 valence electrons. The van der Waals surface area contributed by atoms with Crippen LogP contribution in [0.1, 0.15) is 5.76 Å². The fourth-order valence-electron chi connectivity index (χ4n) is 0.771. The second-order valence-electron chi connectivity index (χ2n) is 2.33. The van der Waals surface area contributed by atoms with Crippen molar-refractivity contribution >= 4 is 37.8 Å². The largest absolute Gasteiger partial charge is 0.480 e. The zero-order valence-electron chi connectivity index (χ0n) is 6.51. The third kappa shape index (κ3) is 3.50. The Kier molecular flexibility index (Phi) is 3.95. The molecule has 0 aliphatic carbocycles. The first kappa shape index (κ1) is 10.7. The van der Waals surface area contributed by atoms with Gasteiger partial charge in [0, 0.05) is 0 Å². The molecule has 0 atom stereocenters. The number of nitrogens with one attached hydrogen (secondary N) is 1. The predicted octanol–water partition coefficient (Wildman–Crippen LogP) is 1.98. The van der Waals surface area contributed by atoms with Crippen molar-refractivity contribution in [2.45, 2.75) is 6.54 Å². The highest BCUT2D eigenvalue weighted by molar-refractivity contribution is 9.13. The van der Waals surface area contributed by atoms with E-state index in [1.54, 1.807) is 6.07 Å². The Hall–Kier alpha value is -0.330. The number of halogens is 2. The molecule has 0 aliphatic rings. The van der Waals surface area contributed by atoms with Crippen molar-refractivity contribution in [3.63, 3.8) is 0 Å². The van der Waals surface area contributed by atoms with Gasteiger partial charge in [0.25, 0.3) is 0 Å². The molecule has 0 amide bonds. The molecule has 0 saturated carbocycles. The minimum Gasteiger partial charge on any atom is -0.480 e. The van der Waals surface area contributed by atoms with Gasteiger partial charge in [-0.05, 0) is 37.9 Å². The number of hydrogen-bond acceptors (Lipinski definition) is 3. The number of furan rings is 1. The summed E-state index contributed by atoms with van der Waals surface area (Å²) in [6.45, 7) is 0.326. The smallest absolute Gasteiger partial charge is 0.317 e. The van der Waals surface area contributed by atoms with Crippen molar-refractivity contribution in [2.75, 3.05) is 6.54 Å². The van der Waals surface area contributed by atoms with E-state index in [4.69, 9.17) is 9.52 Å². The molecule has 0 radical (unpaired) electrons. The Morgan fingerprint density at radius 3 is 2.77 bits per heavy atom. The summed E-state index contributed by atoms with van der Waals surface area (Å²) in [6.07, 6.45) is 0. The third-order valence-corrected chi connectivity index (χ3v) is 2.98. The maximum absolute atomic E-state index is 10.2. The second-order valence-corrected chi connectivity index (χ2v) is 3.91. The second kappa shape index (κ2) is 4.78. The molecule has 4 nitrogen and oxygen atoms in total. The minimum absolute atomic E-state index is 0.0735. The number of rotatable bonds is 4. The highest BCUT2D eigenvalue weighted by Crippen LogP contribution is 2.26. The molecule has 0 fully saturated rings. The van der Waals surface area contributed by atoms with E-state index < -0.39 is 5.97 Å². The van der Waals surface area contributed by atoms with Crippen molar-refractivity contribution in [2.24, 2.45) is 0 Å². The first-order valence-electron chi connectivity index (χ1n) is 3.46. The van der Waals surface area contributed by atoms with Gasteiger partial charge in [0.1, 0.15) is 5.76 Å². The quantitative estimate of drug-likeness (QED) is 0.892. The molecule has 0 bridgehead atoms. The van der Waals surface area contributed by atoms with E-state index in [1.165, 1.54) is 0 Å². The van der Waals surface area contributed by atoms with Gasteiger partial charge in [-0.25, -0.2) is 0 Å². The van der Waals surface area contributed by atoms with Gasteiger partial charge in [0.2, 0.25) is 0 Å². The van der Waals surface area contributed by atoms with Gasteiger partial charge in [-0.1, -0.05) is 0 Å². The van der Waals surface area contributed by atoms with E-state index >= 15 is 0 Å². The Labute approximate surface area is 91.6 Å². The summed E-state index contributed by atoms with van der Waals surface area (Å²) in [5.74, 6) is -0.204. The van der Waals surface area contributed by atoms with Crippen LogP contribution in [0.25, 0.3) is 0 Å². The summed E-state index contributed by atoms with van der Waals surface area (Å²) in [6, 6.07) is 1.78. The van der Waals surface area contributed by atoms with E-state index in [-0.39, 0.29) is 6.54 Å². The van der Waals surface area contributed by atoms with Gasteiger partial charge in [-0.3, -0.25) is 10.1 Å². The molecular formula is C7H7Br2NO3. The normalized spacial score (nSPS) is 10.3. The van der Waals surface area contributed by atoms with E-state index in [0.29, 0.717) is 17.0 Å². The molecule has 2 N–H and O–H groups in total. The van der Waals surface area contributed by atoms with Gasteiger partial charge in [-0.2, -0.15) is 0 Å². The van der Waals surface area contributed by atoms with Gasteiger partial charge >= 0.3 is 5.97 Å². The van der Waals surface area contributed by atoms with Crippen LogP contribution in [0.2, 0.25) is 0 Å². The molecule has 0 aliphatic heterocycles. The standard InChI is InChI=1S/C7H7Br2NO3/c8-5-1-4(13-7(5)9)2-10-3-6(11)12/h1,10H,2-3H2,(H,11,12). The van der Waals surface area contributed by atoms with E-state index in [1.807, 2.05) is 0 Å². The zero-order valence-corrected chi connectivity index (χ0v) is 9.68. The molecule has 1 rings (SSSR count). The summed E-state index contributed by atoms with van der Waals surface area (Å²) < 4.78 is 6.64. The number of carbonyl (C=O) groups is 1. The maximum Gasteiger partial charge on any atom is 0.317 e. The van der Waals surface area contributed by atoms with Gasteiger partial charge in [0.05, 0.1) is 17.6 Å². The third-order valence-electron chi connectivity index (χ3n) is 1.27. The summed E-state index contributed by atoms with van der Waals surface area (Å²) in [5, 5.41) is 11.0. The minimum atomic E-state index is -0.885. The first-order valence-corrected chi connectivity index (χ1v) is 5.04. The molecule has 1 aromatic rings. The Morgan fingerprint density at radius 2 is 2.31 bits per heavy atom.